The summed E-state index contributed by atoms with van der Waals surface area (Å²) in [5.41, 5.74) is 0. The van der Waals surface area contributed by atoms with E-state index in [1.54, 1.807) is 0 Å². The fourth-order valence-electron chi connectivity index (χ4n) is 6.82. The van der Waals surface area contributed by atoms with E-state index in [-0.39, 0.29) is 19.0 Å². The summed E-state index contributed by atoms with van der Waals surface area (Å²) in [4.78, 5) is 34.5. The molecule has 0 saturated carbocycles. The van der Waals surface area contributed by atoms with Crippen molar-refractivity contribution in [2.75, 3.05) is 20.3 Å². The van der Waals surface area contributed by atoms with Crippen molar-refractivity contribution >= 4 is 19.8 Å². The Morgan fingerprint density at radius 1 is 0.500 bits per heavy atom. The largest absolute Gasteiger partial charge is 0.472 e. The average Bonchev–Trinajstić information content (AvgIpc) is 3.19. The first-order valence-electron chi connectivity index (χ1n) is 23.5. The van der Waals surface area contributed by atoms with Crippen molar-refractivity contribution in [1.82, 2.24) is 0 Å². The first-order valence-corrected chi connectivity index (χ1v) is 25.0. The van der Waals surface area contributed by atoms with Gasteiger partial charge in [-0.15, -0.1) is 0 Å². The zero-order valence-electron chi connectivity index (χ0n) is 36.8. The fraction of sp³-hybridized carbons (Fsp3) is 0.872. The van der Waals surface area contributed by atoms with E-state index in [1.807, 2.05) is 0 Å². The quantitative estimate of drug-likeness (QED) is 0.0280. The summed E-state index contributed by atoms with van der Waals surface area (Å²) >= 11 is 0. The van der Waals surface area contributed by atoms with Crippen LogP contribution in [-0.2, 0) is 32.7 Å². The molecule has 0 saturated heterocycles. The third kappa shape index (κ3) is 42.1. The van der Waals surface area contributed by atoms with Gasteiger partial charge in [0.15, 0.2) is 6.10 Å². The molecule has 2 unspecified atom stereocenters. The van der Waals surface area contributed by atoms with Crippen LogP contribution < -0.4 is 0 Å². The molecular formula is C47H89O8P. The van der Waals surface area contributed by atoms with Gasteiger partial charge in [-0.1, -0.05) is 212 Å². The van der Waals surface area contributed by atoms with Crippen LogP contribution in [0.2, 0.25) is 0 Å². The van der Waals surface area contributed by atoms with Gasteiger partial charge in [0.05, 0.1) is 6.61 Å². The summed E-state index contributed by atoms with van der Waals surface area (Å²) in [5.74, 6) is -0.810. The van der Waals surface area contributed by atoms with Gasteiger partial charge < -0.3 is 14.4 Å². The molecule has 0 spiro atoms. The van der Waals surface area contributed by atoms with Gasteiger partial charge >= 0.3 is 19.8 Å². The Bertz CT molecular complexity index is 968. The van der Waals surface area contributed by atoms with E-state index in [1.165, 1.54) is 141 Å². The lowest BCUT2D eigenvalue weighted by molar-refractivity contribution is -0.161. The second-order valence-corrected chi connectivity index (χ2v) is 17.5. The number of carbonyl (C=O) groups is 2. The van der Waals surface area contributed by atoms with Crippen LogP contribution in [0, 0.1) is 0 Å². The van der Waals surface area contributed by atoms with Gasteiger partial charge in [0.1, 0.15) is 6.61 Å². The zero-order chi connectivity index (χ0) is 41.1. The fourth-order valence-corrected chi connectivity index (χ4v) is 7.28. The molecule has 0 aromatic carbocycles. The molecule has 0 aromatic rings. The molecule has 0 fully saturated rings. The van der Waals surface area contributed by atoms with Crippen molar-refractivity contribution in [3.8, 4) is 0 Å². The minimum Gasteiger partial charge on any atom is -0.462 e. The van der Waals surface area contributed by atoms with Gasteiger partial charge in [-0.25, -0.2) is 4.57 Å². The smallest absolute Gasteiger partial charge is 0.462 e. The van der Waals surface area contributed by atoms with E-state index < -0.39 is 26.5 Å². The third-order valence-corrected chi connectivity index (χ3v) is 11.4. The summed E-state index contributed by atoms with van der Waals surface area (Å²) in [5, 5.41) is 0. The summed E-state index contributed by atoms with van der Waals surface area (Å²) in [6.45, 7) is 3.84. The topological polar surface area (TPSA) is 108 Å². The molecule has 56 heavy (non-hydrogen) atoms. The van der Waals surface area contributed by atoms with Crippen LogP contribution in [0.15, 0.2) is 24.3 Å². The Balaban J connectivity index is 3.84. The first-order chi connectivity index (χ1) is 27.3. The van der Waals surface area contributed by atoms with E-state index >= 15 is 0 Å². The van der Waals surface area contributed by atoms with Crippen molar-refractivity contribution in [3.63, 3.8) is 0 Å². The molecule has 0 aliphatic heterocycles. The van der Waals surface area contributed by atoms with Crippen molar-refractivity contribution in [2.45, 2.75) is 245 Å². The Kier molecular flexibility index (Phi) is 42.0. The number of carbonyl (C=O) groups excluding carboxylic acids is 2. The van der Waals surface area contributed by atoms with E-state index in [4.69, 9.17) is 14.0 Å². The lowest BCUT2D eigenvalue weighted by atomic mass is 10.0. The maximum Gasteiger partial charge on any atom is 0.472 e. The molecule has 0 aromatic heterocycles. The van der Waals surface area contributed by atoms with Crippen molar-refractivity contribution < 1.29 is 37.6 Å². The number of allylic oxidation sites excluding steroid dienone is 4. The van der Waals surface area contributed by atoms with Gasteiger partial charge in [-0.3, -0.25) is 18.6 Å². The lowest BCUT2D eigenvalue weighted by Gasteiger charge is -2.19. The minimum atomic E-state index is -4.26. The maximum absolute atomic E-state index is 12.5. The molecule has 0 aliphatic rings. The highest BCUT2D eigenvalue weighted by atomic mass is 31.2. The molecule has 0 aliphatic carbocycles. The second-order valence-electron chi connectivity index (χ2n) is 15.9. The van der Waals surface area contributed by atoms with E-state index in [2.05, 4.69) is 42.7 Å². The Hall–Kier alpha value is -1.47. The van der Waals surface area contributed by atoms with Gasteiger partial charge in [-0.2, -0.15) is 0 Å². The van der Waals surface area contributed by atoms with Gasteiger partial charge in [-0.05, 0) is 38.5 Å². The number of hydrogen-bond donors (Lipinski definition) is 1. The first kappa shape index (κ1) is 54.5. The molecule has 0 rings (SSSR count). The predicted octanol–water partition coefficient (Wildman–Crippen LogP) is 15.0. The Morgan fingerprint density at radius 2 is 0.893 bits per heavy atom. The highest BCUT2D eigenvalue weighted by Gasteiger charge is 2.24. The number of esters is 2. The van der Waals surface area contributed by atoms with Crippen LogP contribution in [-0.4, -0.2) is 43.3 Å². The minimum absolute atomic E-state index is 0.227. The highest BCUT2D eigenvalue weighted by molar-refractivity contribution is 7.47. The molecule has 0 radical (unpaired) electrons. The van der Waals surface area contributed by atoms with Crippen molar-refractivity contribution in [1.29, 1.82) is 0 Å². The van der Waals surface area contributed by atoms with Gasteiger partial charge in [0.2, 0.25) is 0 Å². The molecule has 0 heterocycles. The Labute approximate surface area is 345 Å². The number of unbranched alkanes of at least 4 members (excludes halogenated alkanes) is 29. The van der Waals surface area contributed by atoms with Crippen LogP contribution in [0.4, 0.5) is 0 Å². The van der Waals surface area contributed by atoms with Crippen LogP contribution in [0.25, 0.3) is 0 Å². The van der Waals surface area contributed by atoms with Crippen LogP contribution in [0.3, 0.4) is 0 Å². The number of phosphoric acid groups is 1. The lowest BCUT2D eigenvalue weighted by Crippen LogP contribution is -2.29. The Morgan fingerprint density at radius 3 is 1.32 bits per heavy atom. The summed E-state index contributed by atoms with van der Waals surface area (Å²) in [7, 11) is -3.20. The SMILES string of the molecule is CCC/C=C\C/C=C\CCCCCCCC(=O)OC(COC(=O)CCCCCCCCCCCCCCCCCCCCCCCCCC)COP(=O)(O)OC. The van der Waals surface area contributed by atoms with Crippen LogP contribution in [0.1, 0.15) is 239 Å². The highest BCUT2D eigenvalue weighted by Crippen LogP contribution is 2.42. The molecule has 0 bridgehead atoms. The summed E-state index contributed by atoms with van der Waals surface area (Å²) in [6.07, 6.45) is 49.6. The molecule has 1 N–H and O–H groups in total. The molecule has 2 atom stereocenters. The second kappa shape index (κ2) is 43.1. The predicted molar refractivity (Wildman–Crippen MR) is 235 cm³/mol. The summed E-state index contributed by atoms with van der Waals surface area (Å²) < 4.78 is 32.0. The molecule has 0 amide bonds. The van der Waals surface area contributed by atoms with Crippen molar-refractivity contribution in [3.05, 3.63) is 24.3 Å². The van der Waals surface area contributed by atoms with Gasteiger partial charge in [0.25, 0.3) is 0 Å². The van der Waals surface area contributed by atoms with E-state index in [0.717, 1.165) is 71.3 Å². The van der Waals surface area contributed by atoms with Crippen LogP contribution in [0.5, 0.6) is 0 Å². The number of hydrogen-bond acceptors (Lipinski definition) is 7. The maximum atomic E-state index is 12.5. The van der Waals surface area contributed by atoms with E-state index in [0.29, 0.717) is 12.8 Å². The number of phosphoric ester groups is 1. The summed E-state index contributed by atoms with van der Waals surface area (Å²) in [6, 6.07) is 0. The van der Waals surface area contributed by atoms with Gasteiger partial charge in [0, 0.05) is 20.0 Å². The van der Waals surface area contributed by atoms with Crippen LogP contribution >= 0.6 is 7.82 Å². The monoisotopic (exact) mass is 813 g/mol. The zero-order valence-corrected chi connectivity index (χ0v) is 37.7. The molecule has 330 valence electrons. The third-order valence-electron chi connectivity index (χ3n) is 10.4. The molecule has 9 heteroatoms. The number of rotatable bonds is 44. The van der Waals surface area contributed by atoms with E-state index in [9.17, 15) is 19.0 Å². The normalized spacial score (nSPS) is 13.4. The standard InChI is InChI=1S/C47H89O8P/c1-4-6-8-10-12-14-16-18-19-20-21-22-23-24-25-26-27-28-30-31-33-35-37-39-41-46(48)53-43-45(44-54-56(50,51)52-3)55-47(49)42-40-38-36-34-32-29-17-15-13-11-9-7-5-2/h9,11,15,17,45H,4-8,10,12-14,16,18-44H2,1-3H3,(H,50,51)/b11-9-,17-15-. The van der Waals surface area contributed by atoms with Crippen molar-refractivity contribution in [2.24, 2.45) is 0 Å². The molecular weight excluding hydrogens is 723 g/mol. The average molecular weight is 813 g/mol. The number of ether oxygens (including phenoxy) is 2. The molecule has 8 nitrogen and oxygen atoms in total.